The molecule has 0 aliphatic rings. The van der Waals surface area contributed by atoms with Crippen LogP contribution in [-0.4, -0.2) is 28.0 Å². The van der Waals surface area contributed by atoms with Gasteiger partial charge in [0.1, 0.15) is 5.82 Å². The van der Waals surface area contributed by atoms with Gasteiger partial charge in [0.05, 0.1) is 22.6 Å². The van der Waals surface area contributed by atoms with E-state index in [0.717, 1.165) is 11.3 Å². The minimum absolute atomic E-state index is 0.293. The van der Waals surface area contributed by atoms with Gasteiger partial charge in [0.25, 0.3) is 11.7 Å². The van der Waals surface area contributed by atoms with E-state index in [-0.39, 0.29) is 5.82 Å². The van der Waals surface area contributed by atoms with Gasteiger partial charge in [-0.3, -0.25) is 9.59 Å². The Labute approximate surface area is 156 Å². The second-order valence-corrected chi connectivity index (χ2v) is 6.25. The lowest BCUT2D eigenvalue weighted by molar-refractivity contribution is -0.116. The number of para-hydroxylation sites is 1. The van der Waals surface area contributed by atoms with Crippen molar-refractivity contribution in [3.05, 3.63) is 82.9 Å². The van der Waals surface area contributed by atoms with Crippen molar-refractivity contribution in [2.45, 2.75) is 20.3 Å². The predicted molar refractivity (Wildman–Crippen MR) is 100 cm³/mol. The van der Waals surface area contributed by atoms with Crippen molar-refractivity contribution < 1.29 is 14.0 Å². The Kier molecular flexibility index (Phi) is 5.45. The molecule has 0 aliphatic carbocycles. The number of amides is 1. The average molecular weight is 365 g/mol. The molecule has 5 nitrogen and oxygen atoms in total. The fourth-order valence-corrected chi connectivity index (χ4v) is 2.96. The molecule has 0 bridgehead atoms. The molecule has 0 atom stereocenters. The molecule has 0 spiro atoms. The van der Waals surface area contributed by atoms with Crippen LogP contribution in [0.3, 0.4) is 0 Å². The van der Waals surface area contributed by atoms with Crippen molar-refractivity contribution >= 4 is 11.7 Å². The van der Waals surface area contributed by atoms with Gasteiger partial charge in [0.15, 0.2) is 0 Å². The Morgan fingerprint density at radius 3 is 2.37 bits per heavy atom. The standard InChI is InChI=1S/C21H20FN3O2/c1-14-19(15(2)25(24-14)18-6-4-3-5-7-18)20(26)21(27)23-13-12-16-8-10-17(22)11-9-16/h3-11H,12-13H2,1-2H3,(H,23,27). The van der Waals surface area contributed by atoms with E-state index in [1.54, 1.807) is 30.7 Å². The number of aromatic nitrogens is 2. The molecule has 0 radical (unpaired) electrons. The molecule has 1 N–H and O–H groups in total. The molecule has 1 aromatic heterocycles. The molecule has 27 heavy (non-hydrogen) atoms. The monoisotopic (exact) mass is 365 g/mol. The molecule has 0 saturated heterocycles. The predicted octanol–water partition coefficient (Wildman–Crippen LogP) is 3.17. The number of nitrogens with one attached hydrogen (secondary N) is 1. The molecule has 6 heteroatoms. The van der Waals surface area contributed by atoms with E-state index < -0.39 is 11.7 Å². The number of rotatable bonds is 6. The molecular formula is C21H20FN3O2. The smallest absolute Gasteiger partial charge is 0.292 e. The molecule has 0 saturated carbocycles. The molecule has 2 aromatic carbocycles. The average Bonchev–Trinajstić information content (AvgIpc) is 2.97. The number of benzene rings is 2. The summed E-state index contributed by atoms with van der Waals surface area (Å²) in [6, 6.07) is 15.5. The minimum atomic E-state index is -0.670. The second-order valence-electron chi connectivity index (χ2n) is 6.25. The Balaban J connectivity index is 1.69. The molecule has 1 heterocycles. The van der Waals surface area contributed by atoms with E-state index in [1.807, 2.05) is 30.3 Å². The van der Waals surface area contributed by atoms with Gasteiger partial charge in [-0.2, -0.15) is 5.10 Å². The lowest BCUT2D eigenvalue weighted by Gasteiger charge is -2.06. The van der Waals surface area contributed by atoms with Gasteiger partial charge < -0.3 is 5.32 Å². The number of hydrogen-bond acceptors (Lipinski definition) is 3. The topological polar surface area (TPSA) is 64.0 Å². The van der Waals surface area contributed by atoms with Gasteiger partial charge in [0, 0.05) is 6.54 Å². The SMILES string of the molecule is Cc1nn(-c2ccccc2)c(C)c1C(=O)C(=O)NCCc1ccc(F)cc1. The van der Waals surface area contributed by atoms with Crippen molar-refractivity contribution in [1.29, 1.82) is 0 Å². The van der Waals surface area contributed by atoms with Gasteiger partial charge in [-0.25, -0.2) is 9.07 Å². The molecule has 1 amide bonds. The van der Waals surface area contributed by atoms with Gasteiger partial charge in [-0.05, 0) is 50.1 Å². The molecular weight excluding hydrogens is 345 g/mol. The van der Waals surface area contributed by atoms with Crippen LogP contribution < -0.4 is 5.32 Å². The van der Waals surface area contributed by atoms with Crippen LogP contribution in [0.5, 0.6) is 0 Å². The van der Waals surface area contributed by atoms with Crippen molar-refractivity contribution in [3.8, 4) is 5.69 Å². The number of carbonyl (C=O) groups excluding carboxylic acids is 2. The van der Waals surface area contributed by atoms with E-state index >= 15 is 0 Å². The van der Waals surface area contributed by atoms with Gasteiger partial charge in [-0.1, -0.05) is 30.3 Å². The molecule has 3 aromatic rings. The molecule has 138 valence electrons. The Bertz CT molecular complexity index is 963. The second kappa shape index (κ2) is 7.95. The summed E-state index contributed by atoms with van der Waals surface area (Å²) < 4.78 is 14.6. The lowest BCUT2D eigenvalue weighted by atomic mass is 10.1. The van der Waals surface area contributed by atoms with E-state index in [9.17, 15) is 14.0 Å². The number of hydrogen-bond donors (Lipinski definition) is 1. The summed E-state index contributed by atoms with van der Waals surface area (Å²) in [4.78, 5) is 24.9. The maximum absolute atomic E-state index is 12.9. The summed E-state index contributed by atoms with van der Waals surface area (Å²) in [6.45, 7) is 3.78. The van der Waals surface area contributed by atoms with Gasteiger partial charge in [0.2, 0.25) is 0 Å². The highest BCUT2D eigenvalue weighted by atomic mass is 19.1. The van der Waals surface area contributed by atoms with Crippen LogP contribution >= 0.6 is 0 Å². The number of Topliss-reactive ketones (excluding diaryl/α,β-unsaturated/α-hetero) is 1. The largest absolute Gasteiger partial charge is 0.349 e. The summed E-state index contributed by atoms with van der Waals surface area (Å²) in [6.07, 6.45) is 0.514. The summed E-state index contributed by atoms with van der Waals surface area (Å²) in [5.41, 5.74) is 3.16. The molecule has 0 unspecified atom stereocenters. The van der Waals surface area contributed by atoms with E-state index in [2.05, 4.69) is 10.4 Å². The molecule has 0 fully saturated rings. The highest BCUT2D eigenvalue weighted by Gasteiger charge is 2.24. The lowest BCUT2D eigenvalue weighted by Crippen LogP contribution is -2.33. The summed E-state index contributed by atoms with van der Waals surface area (Å²) in [5, 5.41) is 7.03. The summed E-state index contributed by atoms with van der Waals surface area (Å²) in [7, 11) is 0. The van der Waals surface area contributed by atoms with E-state index in [4.69, 9.17) is 0 Å². The first-order chi connectivity index (χ1) is 13.0. The Hall–Kier alpha value is -3.28. The Morgan fingerprint density at radius 1 is 1.04 bits per heavy atom. The van der Waals surface area contributed by atoms with Crippen LogP contribution in [-0.2, 0) is 11.2 Å². The van der Waals surface area contributed by atoms with Crippen molar-refractivity contribution in [3.63, 3.8) is 0 Å². The highest BCUT2D eigenvalue weighted by Crippen LogP contribution is 2.18. The number of halogens is 1. The van der Waals surface area contributed by atoms with Crippen LogP contribution in [0, 0.1) is 19.7 Å². The van der Waals surface area contributed by atoms with Crippen molar-refractivity contribution in [1.82, 2.24) is 15.1 Å². The van der Waals surface area contributed by atoms with Crippen molar-refractivity contribution in [2.24, 2.45) is 0 Å². The number of carbonyl (C=O) groups is 2. The fraction of sp³-hybridized carbons (Fsp3) is 0.190. The zero-order chi connectivity index (χ0) is 19.4. The van der Waals surface area contributed by atoms with Gasteiger partial charge >= 0.3 is 0 Å². The van der Waals surface area contributed by atoms with Crippen LogP contribution in [0.2, 0.25) is 0 Å². The highest BCUT2D eigenvalue weighted by molar-refractivity contribution is 6.43. The Morgan fingerprint density at radius 2 is 1.70 bits per heavy atom. The third kappa shape index (κ3) is 4.11. The number of aryl methyl sites for hydroxylation is 1. The van der Waals surface area contributed by atoms with Crippen LogP contribution in [0.15, 0.2) is 54.6 Å². The van der Waals surface area contributed by atoms with Crippen LogP contribution in [0.1, 0.15) is 27.3 Å². The van der Waals surface area contributed by atoms with E-state index in [1.165, 1.54) is 12.1 Å². The first-order valence-electron chi connectivity index (χ1n) is 8.66. The fourth-order valence-electron chi connectivity index (χ4n) is 2.96. The van der Waals surface area contributed by atoms with E-state index in [0.29, 0.717) is 29.9 Å². The zero-order valence-electron chi connectivity index (χ0n) is 15.2. The normalized spacial score (nSPS) is 10.6. The zero-order valence-corrected chi connectivity index (χ0v) is 15.2. The first kappa shape index (κ1) is 18.5. The van der Waals surface area contributed by atoms with Crippen LogP contribution in [0.25, 0.3) is 5.69 Å². The number of ketones is 1. The van der Waals surface area contributed by atoms with Crippen LogP contribution in [0.4, 0.5) is 4.39 Å². The summed E-state index contributed by atoms with van der Waals surface area (Å²) >= 11 is 0. The van der Waals surface area contributed by atoms with Gasteiger partial charge in [-0.15, -0.1) is 0 Å². The maximum Gasteiger partial charge on any atom is 0.292 e. The first-order valence-corrected chi connectivity index (χ1v) is 8.66. The summed E-state index contributed by atoms with van der Waals surface area (Å²) in [5.74, 6) is -1.58. The maximum atomic E-state index is 12.9. The molecule has 3 rings (SSSR count). The third-order valence-electron chi connectivity index (χ3n) is 4.34. The molecule has 0 aliphatic heterocycles. The number of nitrogens with zero attached hydrogens (tertiary/aromatic N) is 2. The minimum Gasteiger partial charge on any atom is -0.349 e. The van der Waals surface area contributed by atoms with Crippen molar-refractivity contribution in [2.75, 3.05) is 6.54 Å². The quantitative estimate of drug-likeness (QED) is 0.539. The third-order valence-corrected chi connectivity index (χ3v) is 4.34.